The van der Waals surface area contributed by atoms with E-state index in [9.17, 15) is 10.1 Å². The van der Waals surface area contributed by atoms with Crippen molar-refractivity contribution in [1.82, 2.24) is 9.78 Å². The normalized spacial score (nSPS) is 10.4. The number of benzene rings is 1. The van der Waals surface area contributed by atoms with Crippen molar-refractivity contribution in [2.24, 2.45) is 7.05 Å². The molecule has 0 aliphatic heterocycles. The Morgan fingerprint density at radius 2 is 2.19 bits per heavy atom. The number of nitrogens with one attached hydrogen (secondary N) is 1. The number of anilines is 2. The minimum Gasteiger partial charge on any atom is -0.487 e. The summed E-state index contributed by atoms with van der Waals surface area (Å²) in [5.74, 6) is 0.259. The number of hydrogen-bond donors (Lipinski definition) is 1. The Morgan fingerprint density at radius 3 is 2.81 bits per heavy atom. The molecule has 0 spiro atoms. The lowest BCUT2D eigenvalue weighted by atomic mass is 10.2. The number of aromatic nitrogens is 2. The summed E-state index contributed by atoms with van der Waals surface area (Å²) in [4.78, 5) is 10.5. The molecule has 0 fully saturated rings. The molecule has 7 heteroatoms. The van der Waals surface area contributed by atoms with Crippen LogP contribution in [0.3, 0.4) is 0 Å². The number of rotatable bonds is 6. The van der Waals surface area contributed by atoms with Gasteiger partial charge in [-0.05, 0) is 19.4 Å². The molecule has 0 bridgehead atoms. The number of nitrogens with zero attached hydrogens (tertiary/aromatic N) is 3. The Bertz CT molecular complexity index is 652. The summed E-state index contributed by atoms with van der Waals surface area (Å²) >= 11 is 0. The van der Waals surface area contributed by atoms with Crippen LogP contribution in [0.1, 0.15) is 19.5 Å². The zero-order chi connectivity index (χ0) is 15.4. The lowest BCUT2D eigenvalue weighted by Gasteiger charge is -2.09. The fourth-order valence-corrected chi connectivity index (χ4v) is 2.07. The van der Waals surface area contributed by atoms with Gasteiger partial charge in [-0.15, -0.1) is 0 Å². The standard InChI is InChI=1S/C14H18N4O3/c1-4-11-12(9-17(3)16-11)15-10-6-7-13(18(19)20)14(8-10)21-5-2/h6-9,15H,4-5H2,1-3H3. The molecule has 2 aromatic rings. The molecule has 0 unspecified atom stereocenters. The minimum atomic E-state index is -0.448. The third kappa shape index (κ3) is 3.31. The maximum Gasteiger partial charge on any atom is 0.311 e. The van der Waals surface area contributed by atoms with E-state index in [1.165, 1.54) is 6.07 Å². The van der Waals surface area contributed by atoms with Crippen molar-refractivity contribution in [2.75, 3.05) is 11.9 Å². The van der Waals surface area contributed by atoms with Crippen LogP contribution in [0, 0.1) is 10.1 Å². The minimum absolute atomic E-state index is 0.0377. The Kier molecular flexibility index (Phi) is 4.42. The molecule has 7 nitrogen and oxygen atoms in total. The highest BCUT2D eigenvalue weighted by Crippen LogP contribution is 2.31. The Labute approximate surface area is 122 Å². The van der Waals surface area contributed by atoms with Gasteiger partial charge in [-0.1, -0.05) is 6.92 Å². The molecule has 0 saturated carbocycles. The molecule has 0 amide bonds. The molecule has 1 aromatic carbocycles. The first-order valence-electron chi connectivity index (χ1n) is 6.76. The van der Waals surface area contributed by atoms with Crippen molar-refractivity contribution in [2.45, 2.75) is 20.3 Å². The molecule has 21 heavy (non-hydrogen) atoms. The van der Waals surface area contributed by atoms with E-state index < -0.39 is 4.92 Å². The maximum absolute atomic E-state index is 11.0. The van der Waals surface area contributed by atoms with E-state index in [0.717, 1.165) is 23.5 Å². The van der Waals surface area contributed by atoms with Crippen LogP contribution in [0.25, 0.3) is 0 Å². The summed E-state index contributed by atoms with van der Waals surface area (Å²) in [6, 6.07) is 4.73. The van der Waals surface area contributed by atoms with Crippen LogP contribution in [-0.4, -0.2) is 21.3 Å². The smallest absolute Gasteiger partial charge is 0.311 e. The monoisotopic (exact) mass is 290 g/mol. The summed E-state index contributed by atoms with van der Waals surface area (Å²) in [6.45, 7) is 4.19. The van der Waals surface area contributed by atoms with Crippen molar-refractivity contribution in [3.05, 3.63) is 40.2 Å². The predicted octanol–water partition coefficient (Wildman–Crippen LogP) is 3.03. The van der Waals surface area contributed by atoms with Gasteiger partial charge in [-0.3, -0.25) is 14.8 Å². The van der Waals surface area contributed by atoms with E-state index >= 15 is 0 Å². The summed E-state index contributed by atoms with van der Waals surface area (Å²) in [5.41, 5.74) is 2.51. The SMILES string of the molecule is CCOc1cc(Nc2cn(C)nc2CC)ccc1[N+](=O)[O-]. The molecule has 2 rings (SSSR count). The van der Waals surface area contributed by atoms with Gasteiger partial charge in [0.1, 0.15) is 0 Å². The van der Waals surface area contributed by atoms with E-state index in [0.29, 0.717) is 6.61 Å². The lowest BCUT2D eigenvalue weighted by molar-refractivity contribution is -0.385. The van der Waals surface area contributed by atoms with Gasteiger partial charge in [0, 0.05) is 31.1 Å². The van der Waals surface area contributed by atoms with Crippen molar-refractivity contribution in [3.63, 3.8) is 0 Å². The average molecular weight is 290 g/mol. The third-order valence-corrected chi connectivity index (χ3v) is 2.98. The number of nitro groups is 1. The van der Waals surface area contributed by atoms with E-state index in [1.54, 1.807) is 23.7 Å². The van der Waals surface area contributed by atoms with E-state index in [2.05, 4.69) is 10.4 Å². The molecular weight excluding hydrogens is 272 g/mol. The molecule has 0 saturated heterocycles. The number of aryl methyl sites for hydroxylation is 2. The zero-order valence-electron chi connectivity index (χ0n) is 12.3. The molecule has 0 aliphatic rings. The Balaban J connectivity index is 2.32. The molecular formula is C14H18N4O3. The first-order valence-corrected chi connectivity index (χ1v) is 6.76. The molecule has 112 valence electrons. The molecule has 1 N–H and O–H groups in total. The summed E-state index contributed by atoms with van der Waals surface area (Å²) in [5, 5.41) is 18.5. The van der Waals surface area contributed by atoms with Gasteiger partial charge in [0.15, 0.2) is 5.75 Å². The van der Waals surface area contributed by atoms with Crippen LogP contribution in [0.2, 0.25) is 0 Å². The van der Waals surface area contributed by atoms with E-state index in [-0.39, 0.29) is 11.4 Å². The van der Waals surface area contributed by atoms with Crippen LogP contribution in [-0.2, 0) is 13.5 Å². The van der Waals surface area contributed by atoms with Crippen LogP contribution in [0.4, 0.5) is 17.1 Å². The van der Waals surface area contributed by atoms with E-state index in [4.69, 9.17) is 4.74 Å². The van der Waals surface area contributed by atoms with Crippen molar-refractivity contribution >= 4 is 17.1 Å². The molecule has 1 aromatic heterocycles. The molecule has 0 radical (unpaired) electrons. The molecule has 1 heterocycles. The fourth-order valence-electron chi connectivity index (χ4n) is 2.07. The molecule has 0 atom stereocenters. The fraction of sp³-hybridized carbons (Fsp3) is 0.357. The highest BCUT2D eigenvalue weighted by atomic mass is 16.6. The largest absolute Gasteiger partial charge is 0.487 e. The topological polar surface area (TPSA) is 82.2 Å². The quantitative estimate of drug-likeness (QED) is 0.653. The highest BCUT2D eigenvalue weighted by molar-refractivity contribution is 5.66. The predicted molar refractivity (Wildman–Crippen MR) is 80.1 cm³/mol. The van der Waals surface area contributed by atoms with Gasteiger partial charge in [0.05, 0.1) is 22.9 Å². The number of ether oxygens (including phenoxy) is 1. The van der Waals surface area contributed by atoms with Gasteiger partial charge in [-0.25, -0.2) is 0 Å². The van der Waals surface area contributed by atoms with Crippen LogP contribution in [0.5, 0.6) is 5.75 Å². The first-order chi connectivity index (χ1) is 10.0. The van der Waals surface area contributed by atoms with Crippen molar-refractivity contribution in [3.8, 4) is 5.75 Å². The van der Waals surface area contributed by atoms with Crippen molar-refractivity contribution < 1.29 is 9.66 Å². The molecule has 0 aliphatic carbocycles. The first kappa shape index (κ1) is 14.8. The van der Waals surface area contributed by atoms with Crippen LogP contribution < -0.4 is 10.1 Å². The summed E-state index contributed by atoms with van der Waals surface area (Å²) in [7, 11) is 1.85. The van der Waals surface area contributed by atoms with Crippen LogP contribution in [0.15, 0.2) is 24.4 Å². The number of nitro benzene ring substituents is 1. The second-order valence-corrected chi connectivity index (χ2v) is 4.51. The lowest BCUT2D eigenvalue weighted by Crippen LogP contribution is -1.99. The average Bonchev–Trinajstić information content (AvgIpc) is 2.79. The summed E-state index contributed by atoms with van der Waals surface area (Å²) < 4.78 is 7.07. The number of hydrogen-bond acceptors (Lipinski definition) is 5. The zero-order valence-corrected chi connectivity index (χ0v) is 12.3. The second-order valence-electron chi connectivity index (χ2n) is 4.51. The van der Waals surface area contributed by atoms with Gasteiger partial charge in [0.2, 0.25) is 0 Å². The maximum atomic E-state index is 11.0. The van der Waals surface area contributed by atoms with Gasteiger partial charge >= 0.3 is 5.69 Å². The second kappa shape index (κ2) is 6.25. The van der Waals surface area contributed by atoms with Crippen LogP contribution >= 0.6 is 0 Å². The van der Waals surface area contributed by atoms with Gasteiger partial charge < -0.3 is 10.1 Å². The van der Waals surface area contributed by atoms with Crippen molar-refractivity contribution in [1.29, 1.82) is 0 Å². The Hall–Kier alpha value is -2.57. The van der Waals surface area contributed by atoms with Gasteiger partial charge in [0.25, 0.3) is 0 Å². The summed E-state index contributed by atoms with van der Waals surface area (Å²) in [6.07, 6.45) is 2.68. The van der Waals surface area contributed by atoms with E-state index in [1.807, 2.05) is 20.2 Å². The highest BCUT2D eigenvalue weighted by Gasteiger charge is 2.16. The third-order valence-electron chi connectivity index (χ3n) is 2.98. The van der Waals surface area contributed by atoms with Gasteiger partial charge in [-0.2, -0.15) is 5.10 Å². The Morgan fingerprint density at radius 1 is 1.43 bits per heavy atom.